The van der Waals surface area contributed by atoms with Crippen molar-refractivity contribution in [2.75, 3.05) is 5.43 Å². The first-order chi connectivity index (χ1) is 12.1. The van der Waals surface area contributed by atoms with E-state index in [4.69, 9.17) is 0 Å². The van der Waals surface area contributed by atoms with E-state index in [2.05, 4.69) is 22.1 Å². The van der Waals surface area contributed by atoms with Crippen molar-refractivity contribution < 1.29 is 10.2 Å². The standard InChI is InChI=1S/C18H16N4O3/c1-2-9-22-17(25)14-5-3-4-6-15(14)20-18(22)21-19-11-12-7-8-13(23)10-16(12)24/h2-8,10-11,23-24H,1,9H2,(H,20,21)/b19-11+. The first-order valence-corrected chi connectivity index (χ1v) is 7.51. The van der Waals surface area contributed by atoms with Crippen LogP contribution < -0.4 is 11.0 Å². The van der Waals surface area contributed by atoms with Crippen LogP contribution in [0.3, 0.4) is 0 Å². The highest BCUT2D eigenvalue weighted by atomic mass is 16.3. The van der Waals surface area contributed by atoms with Crippen LogP contribution in [-0.4, -0.2) is 26.0 Å². The molecule has 0 amide bonds. The Hall–Kier alpha value is -3.61. The molecule has 0 radical (unpaired) electrons. The fourth-order valence-corrected chi connectivity index (χ4v) is 2.35. The fourth-order valence-electron chi connectivity index (χ4n) is 2.35. The van der Waals surface area contributed by atoms with E-state index in [0.29, 0.717) is 16.5 Å². The van der Waals surface area contributed by atoms with Gasteiger partial charge in [0.25, 0.3) is 5.56 Å². The van der Waals surface area contributed by atoms with Gasteiger partial charge in [-0.1, -0.05) is 18.2 Å². The number of hydrogen-bond donors (Lipinski definition) is 3. The SMILES string of the molecule is C=CCn1c(N/N=C/c2ccc(O)cc2O)nc2ccccc2c1=O. The topological polar surface area (TPSA) is 99.7 Å². The lowest BCUT2D eigenvalue weighted by atomic mass is 10.2. The molecular weight excluding hydrogens is 320 g/mol. The summed E-state index contributed by atoms with van der Waals surface area (Å²) in [6.07, 6.45) is 2.97. The highest BCUT2D eigenvalue weighted by Crippen LogP contribution is 2.21. The molecule has 0 saturated carbocycles. The Morgan fingerprint density at radius 3 is 2.80 bits per heavy atom. The quantitative estimate of drug-likeness (QED) is 0.377. The molecule has 0 spiro atoms. The van der Waals surface area contributed by atoms with Crippen LogP contribution in [0.4, 0.5) is 5.95 Å². The van der Waals surface area contributed by atoms with E-state index >= 15 is 0 Å². The van der Waals surface area contributed by atoms with Crippen molar-refractivity contribution in [1.82, 2.24) is 9.55 Å². The van der Waals surface area contributed by atoms with Crippen LogP contribution >= 0.6 is 0 Å². The van der Waals surface area contributed by atoms with Gasteiger partial charge >= 0.3 is 0 Å². The number of hydrogen-bond acceptors (Lipinski definition) is 6. The van der Waals surface area contributed by atoms with Gasteiger partial charge in [0.15, 0.2) is 0 Å². The van der Waals surface area contributed by atoms with Crippen LogP contribution in [0.1, 0.15) is 5.56 Å². The Kier molecular flexibility index (Phi) is 4.47. The number of rotatable bonds is 5. The highest BCUT2D eigenvalue weighted by Gasteiger charge is 2.09. The minimum Gasteiger partial charge on any atom is -0.508 e. The second-order valence-corrected chi connectivity index (χ2v) is 5.27. The Labute approximate surface area is 143 Å². The average molecular weight is 336 g/mol. The lowest BCUT2D eigenvalue weighted by Crippen LogP contribution is -2.23. The molecule has 0 atom stereocenters. The number of nitrogens with zero attached hydrogens (tertiary/aromatic N) is 3. The maximum atomic E-state index is 12.6. The lowest BCUT2D eigenvalue weighted by molar-refractivity contribution is 0.450. The highest BCUT2D eigenvalue weighted by molar-refractivity contribution is 5.84. The molecule has 2 aromatic carbocycles. The zero-order chi connectivity index (χ0) is 17.8. The third kappa shape index (κ3) is 3.35. The molecule has 0 aliphatic carbocycles. The Bertz CT molecular complexity index is 1020. The molecule has 0 bridgehead atoms. The Balaban J connectivity index is 1.97. The number of fused-ring (bicyclic) bond motifs is 1. The number of hydrazone groups is 1. The van der Waals surface area contributed by atoms with Gasteiger partial charge in [0.05, 0.1) is 17.1 Å². The molecule has 0 saturated heterocycles. The average Bonchev–Trinajstić information content (AvgIpc) is 2.60. The number of nitrogens with one attached hydrogen (secondary N) is 1. The van der Waals surface area contributed by atoms with E-state index in [1.54, 1.807) is 30.3 Å². The molecule has 7 heteroatoms. The Morgan fingerprint density at radius 1 is 1.24 bits per heavy atom. The predicted octanol–water partition coefficient (Wildman–Crippen LogP) is 2.44. The van der Waals surface area contributed by atoms with Crippen molar-refractivity contribution in [1.29, 1.82) is 0 Å². The molecule has 1 heterocycles. The van der Waals surface area contributed by atoms with Gasteiger partial charge < -0.3 is 10.2 Å². The predicted molar refractivity (Wildman–Crippen MR) is 97.2 cm³/mol. The van der Waals surface area contributed by atoms with E-state index in [9.17, 15) is 15.0 Å². The zero-order valence-corrected chi connectivity index (χ0v) is 13.3. The lowest BCUT2D eigenvalue weighted by Gasteiger charge is -2.10. The number of para-hydroxylation sites is 1. The molecule has 25 heavy (non-hydrogen) atoms. The van der Waals surface area contributed by atoms with Gasteiger partial charge in [-0.2, -0.15) is 5.10 Å². The van der Waals surface area contributed by atoms with E-state index in [1.165, 1.54) is 29.0 Å². The van der Waals surface area contributed by atoms with E-state index in [0.717, 1.165) is 0 Å². The minimum absolute atomic E-state index is 0.0429. The molecule has 3 aromatic rings. The molecule has 0 fully saturated rings. The van der Waals surface area contributed by atoms with Crippen LogP contribution in [0.5, 0.6) is 11.5 Å². The van der Waals surface area contributed by atoms with E-state index in [-0.39, 0.29) is 29.6 Å². The van der Waals surface area contributed by atoms with Gasteiger partial charge in [-0.25, -0.2) is 10.4 Å². The monoisotopic (exact) mass is 336 g/mol. The molecule has 3 N–H and O–H groups in total. The van der Waals surface area contributed by atoms with E-state index < -0.39 is 0 Å². The minimum atomic E-state index is -0.198. The van der Waals surface area contributed by atoms with Crippen LogP contribution in [0, 0.1) is 0 Å². The third-order valence-electron chi connectivity index (χ3n) is 3.56. The molecule has 126 valence electrons. The second-order valence-electron chi connectivity index (χ2n) is 5.27. The van der Waals surface area contributed by atoms with Gasteiger partial charge in [-0.05, 0) is 24.3 Å². The molecular formula is C18H16N4O3. The molecule has 1 aromatic heterocycles. The number of phenolic OH excluding ortho intramolecular Hbond substituents is 2. The smallest absolute Gasteiger partial charge is 0.263 e. The molecule has 0 aliphatic heterocycles. The maximum absolute atomic E-state index is 12.6. The van der Waals surface area contributed by atoms with Crippen molar-refractivity contribution in [2.45, 2.75) is 6.54 Å². The van der Waals surface area contributed by atoms with Crippen LogP contribution in [0.15, 0.2) is 65.0 Å². The van der Waals surface area contributed by atoms with Crippen molar-refractivity contribution in [3.63, 3.8) is 0 Å². The fraction of sp³-hybridized carbons (Fsp3) is 0.0556. The summed E-state index contributed by atoms with van der Waals surface area (Å²) in [5.41, 5.74) is 3.48. The molecule has 0 aliphatic rings. The summed E-state index contributed by atoms with van der Waals surface area (Å²) in [6, 6.07) is 11.2. The van der Waals surface area contributed by atoms with Crippen LogP contribution in [-0.2, 0) is 6.54 Å². The van der Waals surface area contributed by atoms with Crippen molar-refractivity contribution in [3.8, 4) is 11.5 Å². The molecule has 3 rings (SSSR count). The normalized spacial score (nSPS) is 11.0. The van der Waals surface area contributed by atoms with E-state index in [1.807, 2.05) is 0 Å². The summed E-state index contributed by atoms with van der Waals surface area (Å²) >= 11 is 0. The summed E-state index contributed by atoms with van der Waals surface area (Å²) in [5.74, 6) is 0.109. The number of allylic oxidation sites excluding steroid dienone is 1. The van der Waals surface area contributed by atoms with Gasteiger partial charge in [-0.3, -0.25) is 9.36 Å². The third-order valence-corrected chi connectivity index (χ3v) is 3.56. The molecule has 7 nitrogen and oxygen atoms in total. The maximum Gasteiger partial charge on any atom is 0.263 e. The number of phenols is 2. The second kappa shape index (κ2) is 6.88. The van der Waals surface area contributed by atoms with Crippen molar-refractivity contribution >= 4 is 23.1 Å². The van der Waals surface area contributed by atoms with Crippen molar-refractivity contribution in [3.05, 3.63) is 71.0 Å². The Morgan fingerprint density at radius 2 is 2.04 bits per heavy atom. The zero-order valence-electron chi connectivity index (χ0n) is 13.3. The summed E-state index contributed by atoms with van der Waals surface area (Å²) < 4.78 is 1.42. The number of benzene rings is 2. The summed E-state index contributed by atoms with van der Waals surface area (Å²) in [6.45, 7) is 3.93. The number of aromatic hydroxyl groups is 2. The van der Waals surface area contributed by atoms with Crippen LogP contribution in [0.25, 0.3) is 10.9 Å². The summed E-state index contributed by atoms with van der Waals surface area (Å²) in [5, 5.41) is 23.6. The van der Waals surface area contributed by atoms with Gasteiger partial charge in [0, 0.05) is 18.2 Å². The van der Waals surface area contributed by atoms with Gasteiger partial charge in [-0.15, -0.1) is 6.58 Å². The van der Waals surface area contributed by atoms with Gasteiger partial charge in [0.1, 0.15) is 11.5 Å². The number of anilines is 1. The number of aromatic nitrogens is 2. The first kappa shape index (κ1) is 16.3. The summed E-state index contributed by atoms with van der Waals surface area (Å²) in [4.78, 5) is 17.0. The summed E-state index contributed by atoms with van der Waals surface area (Å²) in [7, 11) is 0. The van der Waals surface area contributed by atoms with Gasteiger partial charge in [0.2, 0.25) is 5.95 Å². The largest absolute Gasteiger partial charge is 0.508 e. The molecule has 0 unspecified atom stereocenters. The first-order valence-electron chi connectivity index (χ1n) is 7.51. The van der Waals surface area contributed by atoms with Crippen molar-refractivity contribution in [2.24, 2.45) is 5.10 Å². The van der Waals surface area contributed by atoms with Crippen LogP contribution in [0.2, 0.25) is 0 Å².